The number of halogens is 4. The largest absolute Gasteiger partial charge is 0.485 e. The number of nitrogen functional groups attached to an aromatic ring is 1. The number of rotatable bonds is 3. The molecule has 0 heterocycles. The van der Waals surface area contributed by atoms with Gasteiger partial charge < -0.3 is 10.5 Å². The van der Waals surface area contributed by atoms with Crippen molar-refractivity contribution in [3.05, 3.63) is 55.4 Å². The van der Waals surface area contributed by atoms with Crippen LogP contribution in [-0.4, -0.2) is 0 Å². The van der Waals surface area contributed by atoms with Gasteiger partial charge in [0.25, 0.3) is 0 Å². The number of nitrogens with two attached hydrogens (primary N) is 1. The second-order valence-electron chi connectivity index (χ2n) is 3.83. The first-order valence-electron chi connectivity index (χ1n) is 5.28. The molecule has 0 radical (unpaired) electrons. The molecule has 0 fully saturated rings. The third kappa shape index (κ3) is 3.69. The van der Waals surface area contributed by atoms with Crippen molar-refractivity contribution in [2.75, 3.05) is 5.73 Å². The van der Waals surface area contributed by atoms with Crippen molar-refractivity contribution in [3.8, 4) is 5.75 Å². The summed E-state index contributed by atoms with van der Waals surface area (Å²) in [6.07, 6.45) is 0. The van der Waals surface area contributed by atoms with Crippen molar-refractivity contribution in [1.29, 1.82) is 0 Å². The average Bonchev–Trinajstić information content (AvgIpc) is 2.32. The van der Waals surface area contributed by atoms with Gasteiger partial charge in [-0.3, -0.25) is 0 Å². The van der Waals surface area contributed by atoms with E-state index in [0.717, 1.165) is 5.56 Å². The van der Waals surface area contributed by atoms with Crippen molar-refractivity contribution in [2.24, 2.45) is 0 Å². The van der Waals surface area contributed by atoms with E-state index in [0.29, 0.717) is 31.0 Å². The molecule has 0 aliphatic rings. The minimum atomic E-state index is 0.268. The first-order chi connectivity index (χ1) is 8.97. The van der Waals surface area contributed by atoms with Crippen LogP contribution in [0, 0.1) is 0 Å². The molecular weight excluding hydrogens is 372 g/mol. The van der Waals surface area contributed by atoms with E-state index < -0.39 is 0 Å². The van der Waals surface area contributed by atoms with Gasteiger partial charge >= 0.3 is 0 Å². The van der Waals surface area contributed by atoms with E-state index in [4.69, 9.17) is 45.3 Å². The van der Waals surface area contributed by atoms with E-state index >= 15 is 0 Å². The lowest BCUT2D eigenvalue weighted by molar-refractivity contribution is 0.306. The van der Waals surface area contributed by atoms with Crippen LogP contribution in [0.25, 0.3) is 0 Å². The smallest absolute Gasteiger partial charge is 0.156 e. The van der Waals surface area contributed by atoms with Crippen LogP contribution in [0.2, 0.25) is 15.1 Å². The maximum atomic E-state index is 6.06. The number of ether oxygens (including phenoxy) is 1. The summed E-state index contributed by atoms with van der Waals surface area (Å²) in [7, 11) is 0. The number of anilines is 1. The van der Waals surface area contributed by atoms with Crippen molar-refractivity contribution < 1.29 is 4.74 Å². The first kappa shape index (κ1) is 14.8. The lowest BCUT2D eigenvalue weighted by Crippen LogP contribution is -2.00. The Bertz CT molecular complexity index is 596. The molecular formula is C13H9BrCl3NO. The van der Waals surface area contributed by atoms with Crippen LogP contribution in [-0.2, 0) is 6.61 Å². The van der Waals surface area contributed by atoms with Crippen molar-refractivity contribution in [1.82, 2.24) is 0 Å². The molecule has 19 heavy (non-hydrogen) atoms. The SMILES string of the molecule is Nc1cc(Cl)cc(Br)c1OCc1cc(Cl)ccc1Cl. The molecule has 0 amide bonds. The molecule has 0 saturated carbocycles. The molecule has 0 atom stereocenters. The highest BCUT2D eigenvalue weighted by Gasteiger charge is 2.09. The van der Waals surface area contributed by atoms with Crippen LogP contribution in [0.3, 0.4) is 0 Å². The van der Waals surface area contributed by atoms with Crippen LogP contribution in [0.4, 0.5) is 5.69 Å². The zero-order chi connectivity index (χ0) is 14.0. The molecule has 0 aliphatic carbocycles. The van der Waals surface area contributed by atoms with Crippen LogP contribution in [0.5, 0.6) is 5.75 Å². The summed E-state index contributed by atoms with van der Waals surface area (Å²) in [5.74, 6) is 0.528. The molecule has 2 nitrogen and oxygen atoms in total. The molecule has 0 saturated heterocycles. The highest BCUT2D eigenvalue weighted by molar-refractivity contribution is 9.10. The third-order valence-corrected chi connectivity index (χ3v) is 3.83. The van der Waals surface area contributed by atoms with Crippen molar-refractivity contribution in [3.63, 3.8) is 0 Å². The molecule has 2 rings (SSSR count). The van der Waals surface area contributed by atoms with Crippen LogP contribution >= 0.6 is 50.7 Å². The third-order valence-electron chi connectivity index (χ3n) is 2.42. The van der Waals surface area contributed by atoms with Crippen molar-refractivity contribution in [2.45, 2.75) is 6.61 Å². The average molecular weight is 381 g/mol. The zero-order valence-electron chi connectivity index (χ0n) is 9.59. The monoisotopic (exact) mass is 379 g/mol. The lowest BCUT2D eigenvalue weighted by Gasteiger charge is -2.12. The van der Waals surface area contributed by atoms with Gasteiger partial charge in [-0.1, -0.05) is 34.8 Å². The van der Waals surface area contributed by atoms with Crippen LogP contribution in [0.1, 0.15) is 5.56 Å². The Kier molecular flexibility index (Phi) is 4.85. The second-order valence-corrected chi connectivity index (χ2v) is 5.96. The van der Waals surface area contributed by atoms with Crippen LogP contribution in [0.15, 0.2) is 34.8 Å². The summed E-state index contributed by atoms with van der Waals surface area (Å²) >= 11 is 21.2. The minimum Gasteiger partial charge on any atom is -0.485 e. The van der Waals surface area contributed by atoms with Gasteiger partial charge in [-0.05, 0) is 46.3 Å². The highest BCUT2D eigenvalue weighted by atomic mass is 79.9. The van der Waals surface area contributed by atoms with Gasteiger partial charge in [-0.2, -0.15) is 0 Å². The van der Waals surface area contributed by atoms with Gasteiger partial charge in [0.15, 0.2) is 5.75 Å². The molecule has 6 heteroatoms. The van der Waals surface area contributed by atoms with Gasteiger partial charge in [-0.25, -0.2) is 0 Å². The van der Waals surface area contributed by atoms with E-state index in [9.17, 15) is 0 Å². The predicted octanol–water partition coefficient (Wildman–Crippen LogP) is 5.57. The number of hydrogen-bond acceptors (Lipinski definition) is 2. The summed E-state index contributed by atoms with van der Waals surface area (Å²) in [5.41, 5.74) is 7.10. The van der Waals surface area contributed by atoms with Gasteiger partial charge in [0.2, 0.25) is 0 Å². The Balaban J connectivity index is 2.21. The van der Waals surface area contributed by atoms with Gasteiger partial charge in [0.05, 0.1) is 10.2 Å². The summed E-state index contributed by atoms with van der Waals surface area (Å²) in [6, 6.07) is 8.54. The molecule has 0 aliphatic heterocycles. The van der Waals surface area contributed by atoms with Gasteiger partial charge in [-0.15, -0.1) is 0 Å². The maximum absolute atomic E-state index is 6.06. The van der Waals surface area contributed by atoms with Crippen LogP contribution < -0.4 is 10.5 Å². The normalized spacial score (nSPS) is 10.5. The Morgan fingerprint density at radius 2 is 1.79 bits per heavy atom. The molecule has 0 unspecified atom stereocenters. The minimum absolute atomic E-state index is 0.268. The fourth-order valence-electron chi connectivity index (χ4n) is 1.54. The quantitative estimate of drug-likeness (QED) is 0.706. The van der Waals surface area contributed by atoms with Gasteiger partial charge in [0.1, 0.15) is 6.61 Å². The Morgan fingerprint density at radius 1 is 1.05 bits per heavy atom. The summed E-state index contributed by atoms with van der Waals surface area (Å²) in [6.45, 7) is 0.268. The first-order valence-corrected chi connectivity index (χ1v) is 7.21. The molecule has 2 aromatic rings. The van der Waals surface area contributed by atoms with E-state index in [1.807, 2.05) is 0 Å². The van der Waals surface area contributed by atoms with E-state index in [1.54, 1.807) is 30.3 Å². The lowest BCUT2D eigenvalue weighted by atomic mass is 10.2. The van der Waals surface area contributed by atoms with E-state index in [2.05, 4.69) is 15.9 Å². The topological polar surface area (TPSA) is 35.2 Å². The summed E-state index contributed by atoms with van der Waals surface area (Å²) in [5, 5.41) is 1.73. The van der Waals surface area contributed by atoms with Crippen molar-refractivity contribution >= 4 is 56.4 Å². The molecule has 0 bridgehead atoms. The fraction of sp³-hybridized carbons (Fsp3) is 0.0769. The summed E-state index contributed by atoms with van der Waals surface area (Å²) < 4.78 is 6.36. The zero-order valence-corrected chi connectivity index (χ0v) is 13.4. The Morgan fingerprint density at radius 3 is 2.47 bits per heavy atom. The maximum Gasteiger partial charge on any atom is 0.156 e. The second kappa shape index (κ2) is 6.23. The molecule has 0 aromatic heterocycles. The van der Waals surface area contributed by atoms with E-state index in [-0.39, 0.29) is 6.61 Å². The summed E-state index contributed by atoms with van der Waals surface area (Å²) in [4.78, 5) is 0. The molecule has 0 spiro atoms. The number of hydrogen-bond donors (Lipinski definition) is 1. The Labute approximate surface area is 134 Å². The standard InChI is InChI=1S/C13H9BrCl3NO/c14-10-4-9(16)5-12(18)13(10)19-6-7-3-8(15)1-2-11(7)17/h1-5H,6,18H2. The molecule has 2 aromatic carbocycles. The van der Waals surface area contributed by atoms with Gasteiger partial charge in [0, 0.05) is 20.6 Å². The number of benzene rings is 2. The fourth-order valence-corrected chi connectivity index (χ4v) is 2.85. The van der Waals surface area contributed by atoms with E-state index in [1.165, 1.54) is 0 Å². The molecule has 2 N–H and O–H groups in total. The highest BCUT2D eigenvalue weighted by Crippen LogP contribution is 2.35. The predicted molar refractivity (Wildman–Crippen MR) is 84.4 cm³/mol. The Hall–Kier alpha value is -0.610. The molecule has 100 valence electrons.